The van der Waals surface area contributed by atoms with E-state index in [-0.39, 0.29) is 17.0 Å². The predicted molar refractivity (Wildman–Crippen MR) is 110 cm³/mol. The monoisotopic (exact) mass is 436 g/mol. The molecule has 2 aromatic heterocycles. The second-order valence-electron chi connectivity index (χ2n) is 6.60. The fraction of sp³-hybridized carbons (Fsp3) is 0.368. The second kappa shape index (κ2) is 9.19. The van der Waals surface area contributed by atoms with Crippen molar-refractivity contribution in [3.05, 3.63) is 34.0 Å². The van der Waals surface area contributed by atoms with Crippen LogP contribution in [0.15, 0.2) is 22.9 Å². The van der Waals surface area contributed by atoms with Gasteiger partial charge in [0.15, 0.2) is 0 Å². The van der Waals surface area contributed by atoms with Crippen LogP contribution in [0.4, 0.5) is 10.0 Å². The van der Waals surface area contributed by atoms with Crippen LogP contribution in [0.3, 0.4) is 0 Å². The summed E-state index contributed by atoms with van der Waals surface area (Å²) in [6.07, 6.45) is 2.57. The van der Waals surface area contributed by atoms with Crippen molar-refractivity contribution in [3.63, 3.8) is 0 Å². The van der Waals surface area contributed by atoms with Gasteiger partial charge in [-0.15, -0.1) is 22.7 Å². The first kappa shape index (κ1) is 21.0. The number of carbonyl (C=O) groups excluding carboxylic acids is 3. The number of hydrogen-bond donors (Lipinski definition) is 3. The maximum Gasteiger partial charge on any atom is 0.340 e. The third-order valence-corrected chi connectivity index (χ3v) is 6.52. The van der Waals surface area contributed by atoms with Crippen LogP contribution in [-0.2, 0) is 14.3 Å². The Labute approximate surface area is 174 Å². The van der Waals surface area contributed by atoms with Gasteiger partial charge in [0.05, 0.1) is 30.1 Å². The molecule has 0 unspecified atom stereocenters. The number of thiophene rings is 2. The van der Waals surface area contributed by atoms with Crippen molar-refractivity contribution in [2.75, 3.05) is 17.7 Å². The highest BCUT2D eigenvalue weighted by atomic mass is 32.1. The molecular weight excluding hydrogens is 416 g/mol. The lowest BCUT2D eigenvalue weighted by Crippen LogP contribution is -2.36. The Bertz CT molecular complexity index is 935. The molecule has 2 amide bonds. The number of ether oxygens (including phenoxy) is 1. The van der Waals surface area contributed by atoms with Gasteiger partial charge in [-0.3, -0.25) is 14.4 Å². The highest BCUT2D eigenvalue weighted by Gasteiger charge is 2.36. The SMILES string of the molecule is COC(=O)c1ccsc1NC(=O)c1ccsc1NC(=O)[C@@H]1CCCC[C@H]1C(=O)O. The second-order valence-corrected chi connectivity index (χ2v) is 8.43. The number of amides is 2. The number of anilines is 2. The molecule has 154 valence electrons. The minimum atomic E-state index is -0.970. The van der Waals surface area contributed by atoms with Gasteiger partial charge in [-0.25, -0.2) is 4.79 Å². The summed E-state index contributed by atoms with van der Waals surface area (Å²) in [7, 11) is 1.26. The minimum Gasteiger partial charge on any atom is -0.481 e. The van der Waals surface area contributed by atoms with Gasteiger partial charge in [-0.05, 0) is 35.7 Å². The lowest BCUT2D eigenvalue weighted by Gasteiger charge is -2.27. The zero-order valence-electron chi connectivity index (χ0n) is 15.6. The highest BCUT2D eigenvalue weighted by molar-refractivity contribution is 7.15. The number of aliphatic carboxylic acids is 1. The molecule has 0 radical (unpaired) electrons. The molecule has 2 heterocycles. The highest BCUT2D eigenvalue weighted by Crippen LogP contribution is 2.33. The number of rotatable bonds is 6. The van der Waals surface area contributed by atoms with Crippen LogP contribution < -0.4 is 10.6 Å². The Balaban J connectivity index is 1.73. The summed E-state index contributed by atoms with van der Waals surface area (Å²) in [6.45, 7) is 0. The minimum absolute atomic E-state index is 0.246. The fourth-order valence-corrected chi connectivity index (χ4v) is 4.93. The fourth-order valence-electron chi connectivity index (χ4n) is 3.38. The van der Waals surface area contributed by atoms with Gasteiger partial charge < -0.3 is 20.5 Å². The maximum atomic E-state index is 12.7. The quantitative estimate of drug-likeness (QED) is 0.594. The summed E-state index contributed by atoms with van der Waals surface area (Å²) in [6, 6.07) is 3.12. The zero-order valence-corrected chi connectivity index (χ0v) is 17.2. The molecule has 10 heteroatoms. The van der Waals surface area contributed by atoms with E-state index in [0.717, 1.165) is 12.8 Å². The predicted octanol–water partition coefficient (Wildman–Crippen LogP) is 3.68. The average Bonchev–Trinajstić information content (AvgIpc) is 3.36. The number of nitrogens with one attached hydrogen (secondary N) is 2. The molecule has 0 spiro atoms. The molecule has 1 fully saturated rings. The molecule has 2 aromatic rings. The number of carbonyl (C=O) groups is 4. The Morgan fingerprint density at radius 3 is 2.17 bits per heavy atom. The van der Waals surface area contributed by atoms with E-state index in [9.17, 15) is 24.3 Å². The lowest BCUT2D eigenvalue weighted by molar-refractivity contribution is -0.147. The van der Waals surface area contributed by atoms with Crippen LogP contribution in [0.2, 0.25) is 0 Å². The number of carboxylic acids is 1. The summed E-state index contributed by atoms with van der Waals surface area (Å²) in [5.74, 6) is -3.73. The first-order valence-electron chi connectivity index (χ1n) is 9.00. The van der Waals surface area contributed by atoms with E-state index >= 15 is 0 Å². The van der Waals surface area contributed by atoms with Crippen molar-refractivity contribution in [1.82, 2.24) is 0 Å². The van der Waals surface area contributed by atoms with Crippen molar-refractivity contribution in [2.45, 2.75) is 25.7 Å². The summed E-state index contributed by atoms with van der Waals surface area (Å²) < 4.78 is 4.69. The van der Waals surface area contributed by atoms with Crippen molar-refractivity contribution in [3.8, 4) is 0 Å². The molecule has 1 aliphatic rings. The van der Waals surface area contributed by atoms with E-state index in [4.69, 9.17) is 4.74 Å². The number of carboxylic acid groups (broad SMARTS) is 1. The smallest absolute Gasteiger partial charge is 0.340 e. The van der Waals surface area contributed by atoms with Crippen molar-refractivity contribution < 1.29 is 29.0 Å². The standard InChI is InChI=1S/C19H20N2O6S2/c1-27-19(26)13-7-9-29-17(13)21-15(23)12-6-8-28-16(12)20-14(22)10-4-2-3-5-11(10)18(24)25/h6-11H,2-5H2,1H3,(H,20,22)(H,21,23)(H,24,25)/t10-,11-/m1/s1. The molecule has 3 N–H and O–H groups in total. The van der Waals surface area contributed by atoms with Crippen molar-refractivity contribution in [2.24, 2.45) is 11.8 Å². The third-order valence-electron chi connectivity index (χ3n) is 4.86. The molecule has 3 rings (SSSR count). The summed E-state index contributed by atoms with van der Waals surface area (Å²) in [5.41, 5.74) is 0.494. The molecule has 1 saturated carbocycles. The molecule has 1 aliphatic carbocycles. The Hall–Kier alpha value is -2.72. The van der Waals surface area contributed by atoms with Crippen LogP contribution in [0.25, 0.3) is 0 Å². The zero-order chi connectivity index (χ0) is 21.0. The van der Waals surface area contributed by atoms with E-state index < -0.39 is 29.7 Å². The first-order chi connectivity index (χ1) is 13.9. The number of hydrogen-bond acceptors (Lipinski definition) is 7. The van der Waals surface area contributed by atoms with Gasteiger partial charge in [0.1, 0.15) is 10.0 Å². The van der Waals surface area contributed by atoms with Crippen LogP contribution in [0.1, 0.15) is 46.4 Å². The van der Waals surface area contributed by atoms with Gasteiger partial charge in [0, 0.05) is 0 Å². The van der Waals surface area contributed by atoms with Crippen LogP contribution in [0.5, 0.6) is 0 Å². The normalized spacial score (nSPS) is 18.7. The van der Waals surface area contributed by atoms with E-state index in [1.807, 2.05) is 0 Å². The maximum absolute atomic E-state index is 12.7. The molecule has 2 atom stereocenters. The molecule has 0 aromatic carbocycles. The van der Waals surface area contributed by atoms with Gasteiger partial charge in [0.2, 0.25) is 5.91 Å². The first-order valence-corrected chi connectivity index (χ1v) is 10.8. The Kier molecular flexibility index (Phi) is 6.65. The average molecular weight is 437 g/mol. The van der Waals surface area contributed by atoms with Gasteiger partial charge in [-0.2, -0.15) is 0 Å². The molecule has 0 aliphatic heterocycles. The van der Waals surface area contributed by atoms with Gasteiger partial charge >= 0.3 is 11.9 Å². The van der Waals surface area contributed by atoms with E-state index in [0.29, 0.717) is 22.8 Å². The largest absolute Gasteiger partial charge is 0.481 e. The molecule has 8 nitrogen and oxygen atoms in total. The van der Waals surface area contributed by atoms with E-state index in [1.165, 1.54) is 29.8 Å². The third kappa shape index (κ3) is 4.65. The summed E-state index contributed by atoms with van der Waals surface area (Å²) in [5, 5.41) is 18.8. The van der Waals surface area contributed by atoms with E-state index in [1.54, 1.807) is 22.9 Å². The summed E-state index contributed by atoms with van der Waals surface area (Å²) >= 11 is 2.36. The Morgan fingerprint density at radius 1 is 0.966 bits per heavy atom. The Morgan fingerprint density at radius 2 is 1.55 bits per heavy atom. The topological polar surface area (TPSA) is 122 Å². The van der Waals surface area contributed by atoms with Crippen LogP contribution in [0, 0.1) is 11.8 Å². The molecule has 0 bridgehead atoms. The molecular formula is C19H20N2O6S2. The molecule has 29 heavy (non-hydrogen) atoms. The van der Waals surface area contributed by atoms with Crippen LogP contribution >= 0.6 is 22.7 Å². The van der Waals surface area contributed by atoms with E-state index in [2.05, 4.69) is 10.6 Å². The van der Waals surface area contributed by atoms with Crippen LogP contribution in [-0.4, -0.2) is 36.0 Å². The number of esters is 1. The van der Waals surface area contributed by atoms with Crippen molar-refractivity contribution in [1.29, 1.82) is 0 Å². The summed E-state index contributed by atoms with van der Waals surface area (Å²) in [4.78, 5) is 48.6. The van der Waals surface area contributed by atoms with Gasteiger partial charge in [0.25, 0.3) is 5.91 Å². The molecule has 0 saturated heterocycles. The lowest BCUT2D eigenvalue weighted by atomic mass is 9.79. The number of methoxy groups -OCH3 is 1. The van der Waals surface area contributed by atoms with Crippen molar-refractivity contribution >= 4 is 56.4 Å². The van der Waals surface area contributed by atoms with Gasteiger partial charge in [-0.1, -0.05) is 12.8 Å².